The molecule has 2 amide bonds. The van der Waals surface area contributed by atoms with Gasteiger partial charge in [-0.1, -0.05) is 24.3 Å². The molecule has 23 heavy (non-hydrogen) atoms. The molecule has 1 aliphatic rings. The molecule has 0 fully saturated rings. The van der Waals surface area contributed by atoms with Gasteiger partial charge in [-0.15, -0.1) is 0 Å². The van der Waals surface area contributed by atoms with Crippen molar-refractivity contribution in [2.75, 3.05) is 6.54 Å². The molecule has 0 saturated carbocycles. The van der Waals surface area contributed by atoms with Crippen molar-refractivity contribution in [2.45, 2.75) is 32.4 Å². The van der Waals surface area contributed by atoms with E-state index in [-0.39, 0.29) is 24.3 Å². The summed E-state index contributed by atoms with van der Waals surface area (Å²) in [7, 11) is 0. The minimum atomic E-state index is -0.200. The highest BCUT2D eigenvalue weighted by atomic mass is 16.3. The van der Waals surface area contributed by atoms with Crippen LogP contribution in [0.2, 0.25) is 0 Å². The molecule has 5 heteroatoms. The van der Waals surface area contributed by atoms with Crippen LogP contribution in [0.1, 0.15) is 36.3 Å². The zero-order valence-electron chi connectivity index (χ0n) is 13.1. The Balaban J connectivity index is 1.72. The van der Waals surface area contributed by atoms with Crippen LogP contribution in [0.4, 0.5) is 0 Å². The molecule has 0 radical (unpaired) electrons. The molecule has 2 aromatic rings. The maximum Gasteiger partial charge on any atom is 0.222 e. The van der Waals surface area contributed by atoms with E-state index in [2.05, 4.69) is 11.4 Å². The monoisotopic (exact) mass is 312 g/mol. The Hall–Kier alpha value is -2.56. The van der Waals surface area contributed by atoms with Crippen molar-refractivity contribution in [1.29, 1.82) is 0 Å². The lowest BCUT2D eigenvalue weighted by atomic mass is 9.90. The second kappa shape index (κ2) is 6.69. The van der Waals surface area contributed by atoms with E-state index in [1.807, 2.05) is 24.3 Å². The first-order chi connectivity index (χ1) is 11.1. The second-order valence-electron chi connectivity index (χ2n) is 5.74. The van der Waals surface area contributed by atoms with Crippen molar-refractivity contribution < 1.29 is 14.0 Å². The van der Waals surface area contributed by atoms with Crippen LogP contribution in [-0.2, 0) is 22.6 Å². The van der Waals surface area contributed by atoms with E-state index in [9.17, 15) is 9.59 Å². The Morgan fingerprint density at radius 3 is 2.83 bits per heavy atom. The van der Waals surface area contributed by atoms with Gasteiger partial charge in [0.2, 0.25) is 11.8 Å². The third kappa shape index (κ3) is 3.44. The lowest BCUT2D eigenvalue weighted by Crippen LogP contribution is -2.41. The molecule has 1 N–H and O–H groups in total. The number of hydrogen-bond donors (Lipinski definition) is 1. The molecule has 1 aromatic heterocycles. The first-order valence-electron chi connectivity index (χ1n) is 7.79. The van der Waals surface area contributed by atoms with Crippen molar-refractivity contribution >= 4 is 11.8 Å². The number of furan rings is 1. The first-order valence-corrected chi connectivity index (χ1v) is 7.79. The number of nitrogens with zero attached hydrogens (tertiary/aromatic N) is 1. The van der Waals surface area contributed by atoms with Crippen LogP contribution < -0.4 is 5.32 Å². The summed E-state index contributed by atoms with van der Waals surface area (Å²) < 4.78 is 5.21. The van der Waals surface area contributed by atoms with Gasteiger partial charge in [0.1, 0.15) is 5.76 Å². The molecule has 5 nitrogen and oxygen atoms in total. The highest BCUT2D eigenvalue weighted by Gasteiger charge is 2.30. The smallest absolute Gasteiger partial charge is 0.222 e. The highest BCUT2D eigenvalue weighted by molar-refractivity contribution is 5.79. The highest BCUT2D eigenvalue weighted by Crippen LogP contribution is 2.32. The maximum atomic E-state index is 12.3. The van der Waals surface area contributed by atoms with Gasteiger partial charge < -0.3 is 14.6 Å². The summed E-state index contributed by atoms with van der Waals surface area (Å²) in [6, 6.07) is 11.4. The summed E-state index contributed by atoms with van der Waals surface area (Å²) in [5, 5.41) is 2.85. The van der Waals surface area contributed by atoms with Crippen LogP contribution in [0.3, 0.4) is 0 Å². The van der Waals surface area contributed by atoms with Gasteiger partial charge in [0.25, 0.3) is 0 Å². The Bertz CT molecular complexity index is 694. The summed E-state index contributed by atoms with van der Waals surface area (Å²) in [6.45, 7) is 2.57. The summed E-state index contributed by atoms with van der Waals surface area (Å²) in [5.41, 5.74) is 2.29. The Kier molecular flexibility index (Phi) is 4.46. The minimum Gasteiger partial charge on any atom is -0.467 e. The van der Waals surface area contributed by atoms with Crippen LogP contribution in [0.5, 0.6) is 0 Å². The van der Waals surface area contributed by atoms with E-state index < -0.39 is 0 Å². The molecule has 1 aromatic carbocycles. The number of benzene rings is 1. The number of nitrogens with one attached hydrogen (secondary N) is 1. The third-order valence-corrected chi connectivity index (χ3v) is 4.24. The predicted octanol–water partition coefficient (Wildman–Crippen LogP) is 2.43. The largest absolute Gasteiger partial charge is 0.467 e. The quantitative estimate of drug-likeness (QED) is 0.943. The number of carbonyl (C=O) groups excluding carboxylic acids is 2. The van der Waals surface area contributed by atoms with Crippen LogP contribution in [0, 0.1) is 0 Å². The van der Waals surface area contributed by atoms with Crippen LogP contribution in [0.25, 0.3) is 0 Å². The molecule has 0 saturated heterocycles. The fourth-order valence-electron chi connectivity index (χ4n) is 3.10. The Morgan fingerprint density at radius 1 is 1.26 bits per heavy atom. The molecule has 1 atom stereocenters. The van der Waals surface area contributed by atoms with Crippen LogP contribution >= 0.6 is 0 Å². The lowest BCUT2D eigenvalue weighted by Gasteiger charge is -2.36. The number of amides is 2. The molecular weight excluding hydrogens is 292 g/mol. The number of hydrogen-bond acceptors (Lipinski definition) is 3. The van der Waals surface area contributed by atoms with E-state index in [1.54, 1.807) is 24.2 Å². The normalized spacial score (nSPS) is 16.7. The predicted molar refractivity (Wildman–Crippen MR) is 85.4 cm³/mol. The standard InChI is InChI=1S/C18H20N2O3/c1-13(21)20-9-8-14-5-2-3-7-16(14)17(20)11-18(22)19-12-15-6-4-10-23-15/h2-7,10,17H,8-9,11-12H2,1H3,(H,19,22). The van der Waals surface area contributed by atoms with Gasteiger partial charge >= 0.3 is 0 Å². The average molecular weight is 312 g/mol. The molecule has 0 bridgehead atoms. The fourth-order valence-corrected chi connectivity index (χ4v) is 3.10. The summed E-state index contributed by atoms with van der Waals surface area (Å²) in [4.78, 5) is 26.0. The number of rotatable bonds is 4. The van der Waals surface area contributed by atoms with Crippen molar-refractivity contribution in [3.63, 3.8) is 0 Å². The summed E-state index contributed by atoms with van der Waals surface area (Å²) in [5.74, 6) is 0.628. The van der Waals surface area contributed by atoms with Gasteiger partial charge in [0.15, 0.2) is 0 Å². The van der Waals surface area contributed by atoms with Gasteiger partial charge in [-0.05, 0) is 29.7 Å². The number of carbonyl (C=O) groups is 2. The van der Waals surface area contributed by atoms with E-state index >= 15 is 0 Å². The number of fused-ring (bicyclic) bond motifs is 1. The van der Waals surface area contributed by atoms with Crippen LogP contribution in [-0.4, -0.2) is 23.3 Å². The molecule has 0 spiro atoms. The molecule has 120 valence electrons. The van der Waals surface area contributed by atoms with Gasteiger partial charge in [-0.25, -0.2) is 0 Å². The SMILES string of the molecule is CC(=O)N1CCc2ccccc2C1CC(=O)NCc1ccco1. The first kappa shape index (κ1) is 15.3. The van der Waals surface area contributed by atoms with Crippen molar-refractivity contribution in [3.05, 3.63) is 59.5 Å². The minimum absolute atomic E-state index is 0.00309. The van der Waals surface area contributed by atoms with E-state index in [0.29, 0.717) is 18.8 Å². The molecule has 1 unspecified atom stereocenters. The van der Waals surface area contributed by atoms with Gasteiger partial charge in [-0.3, -0.25) is 9.59 Å². The molecule has 1 aliphatic heterocycles. The Labute approximate surface area is 135 Å². The zero-order valence-corrected chi connectivity index (χ0v) is 13.1. The molecular formula is C18H20N2O3. The van der Waals surface area contributed by atoms with Gasteiger partial charge in [0, 0.05) is 13.5 Å². The fraction of sp³-hybridized carbons (Fsp3) is 0.333. The third-order valence-electron chi connectivity index (χ3n) is 4.24. The average Bonchev–Trinajstić information content (AvgIpc) is 3.06. The van der Waals surface area contributed by atoms with E-state index in [0.717, 1.165) is 12.0 Å². The summed E-state index contributed by atoms with van der Waals surface area (Å²) in [6.07, 6.45) is 2.67. The van der Waals surface area contributed by atoms with Crippen molar-refractivity contribution in [1.82, 2.24) is 10.2 Å². The van der Waals surface area contributed by atoms with Gasteiger partial charge in [0.05, 0.1) is 25.3 Å². The lowest BCUT2D eigenvalue weighted by molar-refractivity contribution is -0.133. The van der Waals surface area contributed by atoms with Crippen molar-refractivity contribution in [3.8, 4) is 0 Å². The van der Waals surface area contributed by atoms with E-state index in [4.69, 9.17) is 4.42 Å². The second-order valence-corrected chi connectivity index (χ2v) is 5.74. The molecule has 2 heterocycles. The van der Waals surface area contributed by atoms with E-state index in [1.165, 1.54) is 5.56 Å². The summed E-state index contributed by atoms with van der Waals surface area (Å²) >= 11 is 0. The Morgan fingerprint density at radius 2 is 2.09 bits per heavy atom. The topological polar surface area (TPSA) is 62.6 Å². The molecule has 3 rings (SSSR count). The molecule has 0 aliphatic carbocycles. The maximum absolute atomic E-state index is 12.3. The van der Waals surface area contributed by atoms with Crippen LogP contribution in [0.15, 0.2) is 47.1 Å². The van der Waals surface area contributed by atoms with Gasteiger partial charge in [-0.2, -0.15) is 0 Å². The van der Waals surface area contributed by atoms with Crippen molar-refractivity contribution in [2.24, 2.45) is 0 Å². The zero-order chi connectivity index (χ0) is 16.2.